The van der Waals surface area contributed by atoms with Crippen molar-refractivity contribution in [2.75, 3.05) is 6.54 Å². The van der Waals surface area contributed by atoms with Crippen LogP contribution in [0.15, 0.2) is 54.6 Å². The molecule has 0 bridgehead atoms. The third-order valence-electron chi connectivity index (χ3n) is 5.37. The predicted molar refractivity (Wildman–Crippen MR) is 107 cm³/mol. The van der Waals surface area contributed by atoms with Gasteiger partial charge in [0.2, 0.25) is 5.91 Å². The Morgan fingerprint density at radius 2 is 1.93 bits per heavy atom. The van der Waals surface area contributed by atoms with Crippen molar-refractivity contribution < 1.29 is 4.79 Å². The Bertz CT molecular complexity index is 918. The molecule has 3 aromatic rings. The molecule has 140 valence electrons. The second-order valence-corrected chi connectivity index (χ2v) is 7.09. The number of nitrogens with zero attached hydrogens (tertiary/aromatic N) is 3. The van der Waals surface area contributed by atoms with Gasteiger partial charge in [-0.05, 0) is 44.0 Å². The fraction of sp³-hybridized carbons (Fsp3) is 0.364. The molecule has 1 aliphatic heterocycles. The van der Waals surface area contributed by atoms with Crippen molar-refractivity contribution in [2.24, 2.45) is 0 Å². The molecule has 1 atom stereocenters. The molecule has 2 aromatic carbocycles. The van der Waals surface area contributed by atoms with Gasteiger partial charge in [0.1, 0.15) is 5.82 Å². The average Bonchev–Trinajstić information content (AvgIpc) is 3.30. The van der Waals surface area contributed by atoms with E-state index in [1.54, 1.807) is 0 Å². The standard InChI is InChI=1S/C22H26N4O/c1-2-26-19-12-7-6-11-18(19)24-21(26)15-23-22(27)20-13-8-14-25(20)16-17-9-4-3-5-10-17/h3-7,9-12,20H,2,8,13-16H2,1H3,(H,23,27). The molecule has 1 N–H and O–H groups in total. The first-order chi connectivity index (χ1) is 13.3. The molecule has 5 heteroatoms. The minimum absolute atomic E-state index is 0.0512. The molecule has 5 nitrogen and oxygen atoms in total. The van der Waals surface area contributed by atoms with Crippen LogP contribution in [0.5, 0.6) is 0 Å². The first-order valence-corrected chi connectivity index (χ1v) is 9.76. The maximum absolute atomic E-state index is 12.8. The lowest BCUT2D eigenvalue weighted by molar-refractivity contribution is -0.125. The van der Waals surface area contributed by atoms with Crippen LogP contribution >= 0.6 is 0 Å². The lowest BCUT2D eigenvalue weighted by Gasteiger charge is -2.23. The number of imidazole rings is 1. The number of amides is 1. The van der Waals surface area contributed by atoms with E-state index in [0.717, 1.165) is 49.3 Å². The van der Waals surface area contributed by atoms with Crippen LogP contribution in [0.25, 0.3) is 11.0 Å². The van der Waals surface area contributed by atoms with Crippen LogP contribution in [-0.4, -0.2) is 32.9 Å². The Morgan fingerprint density at radius 3 is 2.74 bits per heavy atom. The lowest BCUT2D eigenvalue weighted by Crippen LogP contribution is -2.42. The topological polar surface area (TPSA) is 50.2 Å². The van der Waals surface area contributed by atoms with Crippen LogP contribution in [0.3, 0.4) is 0 Å². The summed E-state index contributed by atoms with van der Waals surface area (Å²) in [5.41, 5.74) is 3.36. The summed E-state index contributed by atoms with van der Waals surface area (Å²) in [5.74, 6) is 1.03. The summed E-state index contributed by atoms with van der Waals surface area (Å²) in [5, 5.41) is 3.13. The van der Waals surface area contributed by atoms with E-state index in [0.29, 0.717) is 6.54 Å². The lowest BCUT2D eigenvalue weighted by atomic mass is 10.1. The molecule has 0 radical (unpaired) electrons. The number of fused-ring (bicyclic) bond motifs is 1. The Labute approximate surface area is 160 Å². The van der Waals surface area contributed by atoms with Gasteiger partial charge >= 0.3 is 0 Å². The number of hydrogen-bond donors (Lipinski definition) is 1. The van der Waals surface area contributed by atoms with Crippen molar-refractivity contribution >= 4 is 16.9 Å². The van der Waals surface area contributed by atoms with Gasteiger partial charge in [-0.3, -0.25) is 9.69 Å². The molecular weight excluding hydrogens is 336 g/mol. The second kappa shape index (κ2) is 7.92. The quantitative estimate of drug-likeness (QED) is 0.732. The molecule has 1 aliphatic rings. The van der Waals surface area contributed by atoms with Crippen LogP contribution in [0.4, 0.5) is 0 Å². The number of nitrogens with one attached hydrogen (secondary N) is 1. The number of aromatic nitrogens is 2. The summed E-state index contributed by atoms with van der Waals surface area (Å²) in [7, 11) is 0. The zero-order valence-electron chi connectivity index (χ0n) is 15.8. The van der Waals surface area contributed by atoms with Gasteiger partial charge in [0.05, 0.1) is 23.6 Å². The van der Waals surface area contributed by atoms with Crippen LogP contribution in [0, 0.1) is 0 Å². The summed E-state index contributed by atoms with van der Waals surface area (Å²) in [4.78, 5) is 19.8. The van der Waals surface area contributed by atoms with Crippen molar-refractivity contribution in [3.63, 3.8) is 0 Å². The number of benzene rings is 2. The third kappa shape index (κ3) is 3.74. The normalized spacial score (nSPS) is 17.4. The van der Waals surface area contributed by atoms with E-state index in [1.807, 2.05) is 24.3 Å². The van der Waals surface area contributed by atoms with Gasteiger partial charge < -0.3 is 9.88 Å². The minimum Gasteiger partial charge on any atom is -0.348 e. The summed E-state index contributed by atoms with van der Waals surface area (Å²) in [6, 6.07) is 18.4. The summed E-state index contributed by atoms with van der Waals surface area (Å²) in [6.07, 6.45) is 1.99. The maximum Gasteiger partial charge on any atom is 0.237 e. The molecule has 1 amide bonds. The van der Waals surface area contributed by atoms with E-state index < -0.39 is 0 Å². The van der Waals surface area contributed by atoms with E-state index >= 15 is 0 Å². The van der Waals surface area contributed by atoms with Gasteiger partial charge in [-0.1, -0.05) is 42.5 Å². The molecule has 1 aromatic heterocycles. The number of carbonyl (C=O) groups is 1. The number of likely N-dealkylation sites (tertiary alicyclic amines) is 1. The van der Waals surface area contributed by atoms with Gasteiger partial charge in [0.25, 0.3) is 0 Å². The monoisotopic (exact) mass is 362 g/mol. The van der Waals surface area contributed by atoms with E-state index in [-0.39, 0.29) is 11.9 Å². The highest BCUT2D eigenvalue weighted by Gasteiger charge is 2.30. The van der Waals surface area contributed by atoms with Crippen molar-refractivity contribution in [1.29, 1.82) is 0 Å². The van der Waals surface area contributed by atoms with Crippen molar-refractivity contribution in [1.82, 2.24) is 19.8 Å². The molecule has 0 spiro atoms. The van der Waals surface area contributed by atoms with Gasteiger partial charge in [0.15, 0.2) is 0 Å². The fourth-order valence-electron chi connectivity index (χ4n) is 4.03. The van der Waals surface area contributed by atoms with Crippen LogP contribution < -0.4 is 5.32 Å². The van der Waals surface area contributed by atoms with Gasteiger partial charge in [-0.25, -0.2) is 4.98 Å². The third-order valence-corrected chi connectivity index (χ3v) is 5.37. The van der Waals surface area contributed by atoms with Crippen molar-refractivity contribution in [3.8, 4) is 0 Å². The Balaban J connectivity index is 1.43. The number of rotatable bonds is 6. The average molecular weight is 362 g/mol. The Morgan fingerprint density at radius 1 is 1.15 bits per heavy atom. The highest BCUT2D eigenvalue weighted by atomic mass is 16.2. The fourth-order valence-corrected chi connectivity index (χ4v) is 4.03. The van der Waals surface area contributed by atoms with E-state index in [4.69, 9.17) is 4.98 Å². The number of hydrogen-bond acceptors (Lipinski definition) is 3. The summed E-state index contributed by atoms with van der Waals surface area (Å²) < 4.78 is 2.17. The molecule has 4 rings (SSSR count). The number of para-hydroxylation sites is 2. The molecular formula is C22H26N4O. The zero-order valence-corrected chi connectivity index (χ0v) is 15.8. The molecule has 1 unspecified atom stereocenters. The molecule has 0 saturated carbocycles. The van der Waals surface area contributed by atoms with Gasteiger partial charge in [0, 0.05) is 13.1 Å². The van der Waals surface area contributed by atoms with E-state index in [1.165, 1.54) is 5.56 Å². The minimum atomic E-state index is -0.0512. The first kappa shape index (κ1) is 17.7. The van der Waals surface area contributed by atoms with Gasteiger partial charge in [-0.15, -0.1) is 0 Å². The largest absolute Gasteiger partial charge is 0.348 e. The number of aryl methyl sites for hydroxylation is 1. The van der Waals surface area contributed by atoms with E-state index in [9.17, 15) is 4.79 Å². The van der Waals surface area contributed by atoms with Crippen molar-refractivity contribution in [3.05, 3.63) is 66.0 Å². The van der Waals surface area contributed by atoms with Crippen LogP contribution in [0.1, 0.15) is 31.2 Å². The van der Waals surface area contributed by atoms with Crippen LogP contribution in [0.2, 0.25) is 0 Å². The highest BCUT2D eigenvalue weighted by molar-refractivity contribution is 5.82. The Hall–Kier alpha value is -2.66. The SMILES string of the molecule is CCn1c(CNC(=O)C2CCCN2Cc2ccccc2)nc2ccccc21. The molecule has 0 aliphatic carbocycles. The maximum atomic E-state index is 12.8. The zero-order chi connectivity index (χ0) is 18.6. The summed E-state index contributed by atoms with van der Waals surface area (Å²) in [6.45, 7) is 5.22. The van der Waals surface area contributed by atoms with Gasteiger partial charge in [-0.2, -0.15) is 0 Å². The molecule has 1 saturated heterocycles. The smallest absolute Gasteiger partial charge is 0.237 e. The number of carbonyl (C=O) groups excluding carboxylic acids is 1. The first-order valence-electron chi connectivity index (χ1n) is 9.76. The molecule has 27 heavy (non-hydrogen) atoms. The predicted octanol–water partition coefficient (Wildman–Crippen LogP) is 3.34. The van der Waals surface area contributed by atoms with Crippen LogP contribution in [-0.2, 0) is 24.4 Å². The summed E-state index contributed by atoms with van der Waals surface area (Å²) >= 11 is 0. The second-order valence-electron chi connectivity index (χ2n) is 7.09. The molecule has 2 heterocycles. The Kier molecular flexibility index (Phi) is 5.21. The van der Waals surface area contributed by atoms with Crippen molar-refractivity contribution in [2.45, 2.75) is 45.4 Å². The highest BCUT2D eigenvalue weighted by Crippen LogP contribution is 2.21. The molecule has 1 fully saturated rings. The van der Waals surface area contributed by atoms with E-state index in [2.05, 4.69) is 52.0 Å².